The Hall–Kier alpha value is -0.0500. The summed E-state index contributed by atoms with van der Waals surface area (Å²) in [5, 5.41) is 12.7. The molecule has 0 radical (unpaired) electrons. The lowest BCUT2D eigenvalue weighted by Gasteiger charge is -2.11. The van der Waals surface area contributed by atoms with Gasteiger partial charge < -0.3 is 10.4 Å². The van der Waals surface area contributed by atoms with Gasteiger partial charge in [0.05, 0.1) is 0 Å². The molecule has 0 atom stereocenters. The molecule has 0 saturated heterocycles. The van der Waals surface area contributed by atoms with Crippen molar-refractivity contribution in [1.82, 2.24) is 5.32 Å². The van der Waals surface area contributed by atoms with Crippen molar-refractivity contribution in [2.75, 3.05) is 19.7 Å². The maximum atomic E-state index is 8.93. The van der Waals surface area contributed by atoms with Crippen LogP contribution in [0.5, 0.6) is 0 Å². The van der Waals surface area contributed by atoms with E-state index in [4.69, 9.17) is 16.7 Å². The van der Waals surface area contributed by atoms with E-state index in [2.05, 4.69) is 11.9 Å². The Kier molecular flexibility index (Phi) is 2.93. The van der Waals surface area contributed by atoms with Gasteiger partial charge >= 0.3 is 0 Å². The summed E-state index contributed by atoms with van der Waals surface area (Å²) in [5.74, 6) is 0. The third-order valence-electron chi connectivity index (χ3n) is 2.11. The lowest BCUT2D eigenvalue weighted by molar-refractivity contribution is 0.209. The molecule has 0 amide bonds. The summed E-state index contributed by atoms with van der Waals surface area (Å²) in [7, 11) is 0. The maximum Gasteiger partial charge on any atom is 0.0499 e. The summed E-state index contributed by atoms with van der Waals surface area (Å²) in [4.78, 5) is 0. The zero-order chi connectivity index (χ0) is 8.32. The van der Waals surface area contributed by atoms with Crippen LogP contribution in [0.4, 0.5) is 0 Å². The van der Waals surface area contributed by atoms with Crippen molar-refractivity contribution in [2.45, 2.75) is 12.8 Å². The van der Waals surface area contributed by atoms with Crippen LogP contribution >= 0.6 is 11.6 Å². The minimum Gasteiger partial charge on any atom is -0.396 e. The van der Waals surface area contributed by atoms with Crippen molar-refractivity contribution in [3.05, 3.63) is 11.6 Å². The van der Waals surface area contributed by atoms with Gasteiger partial charge in [0.25, 0.3) is 0 Å². The standard InChI is InChI=1S/C8H14ClNO/c1-7(9)4-10-5-8(6-11)2-3-8/h10-11H,1-6H2. The summed E-state index contributed by atoms with van der Waals surface area (Å²) >= 11 is 5.55. The molecule has 1 aliphatic rings. The summed E-state index contributed by atoms with van der Waals surface area (Å²) < 4.78 is 0. The molecule has 3 heteroatoms. The molecule has 0 aliphatic heterocycles. The van der Waals surface area contributed by atoms with Crippen molar-refractivity contribution >= 4 is 11.6 Å². The highest BCUT2D eigenvalue weighted by Crippen LogP contribution is 2.44. The van der Waals surface area contributed by atoms with Gasteiger partial charge in [-0.1, -0.05) is 18.2 Å². The highest BCUT2D eigenvalue weighted by molar-refractivity contribution is 6.29. The quantitative estimate of drug-likeness (QED) is 0.656. The number of hydrogen-bond acceptors (Lipinski definition) is 2. The number of halogens is 1. The molecule has 0 aromatic heterocycles. The van der Waals surface area contributed by atoms with Gasteiger partial charge in [-0.3, -0.25) is 0 Å². The fourth-order valence-electron chi connectivity index (χ4n) is 1.03. The molecule has 0 spiro atoms. The van der Waals surface area contributed by atoms with Crippen LogP contribution in [0.25, 0.3) is 0 Å². The van der Waals surface area contributed by atoms with E-state index in [1.165, 1.54) is 0 Å². The van der Waals surface area contributed by atoms with E-state index in [0.29, 0.717) is 11.6 Å². The van der Waals surface area contributed by atoms with Gasteiger partial charge in [-0.15, -0.1) is 0 Å². The van der Waals surface area contributed by atoms with Crippen molar-refractivity contribution in [3.8, 4) is 0 Å². The van der Waals surface area contributed by atoms with Crippen molar-refractivity contribution in [3.63, 3.8) is 0 Å². The zero-order valence-electron chi connectivity index (χ0n) is 6.57. The number of rotatable bonds is 5. The Morgan fingerprint density at radius 1 is 1.64 bits per heavy atom. The van der Waals surface area contributed by atoms with E-state index in [1.54, 1.807) is 0 Å². The third kappa shape index (κ3) is 2.81. The van der Waals surface area contributed by atoms with Gasteiger partial charge in [-0.2, -0.15) is 0 Å². The molecule has 2 nitrogen and oxygen atoms in total. The largest absolute Gasteiger partial charge is 0.396 e. The molecule has 0 bridgehead atoms. The van der Waals surface area contributed by atoms with Crippen molar-refractivity contribution in [1.29, 1.82) is 0 Å². The second kappa shape index (κ2) is 3.57. The Morgan fingerprint density at radius 3 is 2.64 bits per heavy atom. The van der Waals surface area contributed by atoms with Crippen molar-refractivity contribution < 1.29 is 5.11 Å². The molecule has 0 aromatic rings. The molecular formula is C8H14ClNO. The van der Waals surface area contributed by atoms with Crippen LogP contribution < -0.4 is 5.32 Å². The molecule has 2 N–H and O–H groups in total. The molecule has 11 heavy (non-hydrogen) atoms. The molecule has 0 heterocycles. The van der Waals surface area contributed by atoms with Gasteiger partial charge in [-0.05, 0) is 12.8 Å². The lowest BCUT2D eigenvalue weighted by Crippen LogP contribution is -2.27. The predicted octanol–water partition coefficient (Wildman–Crippen LogP) is 1.10. The molecule has 1 rings (SSSR count). The van der Waals surface area contributed by atoms with E-state index in [0.717, 1.165) is 19.4 Å². The number of nitrogens with one attached hydrogen (secondary N) is 1. The minimum absolute atomic E-state index is 0.173. The van der Waals surface area contributed by atoms with Gasteiger partial charge in [0, 0.05) is 30.1 Å². The fraction of sp³-hybridized carbons (Fsp3) is 0.750. The average molecular weight is 176 g/mol. The third-order valence-corrected chi connectivity index (χ3v) is 2.24. The van der Waals surface area contributed by atoms with Crippen LogP contribution in [-0.4, -0.2) is 24.8 Å². The summed E-state index contributed by atoms with van der Waals surface area (Å²) in [6, 6.07) is 0. The van der Waals surface area contributed by atoms with Crippen LogP contribution in [0.2, 0.25) is 0 Å². The van der Waals surface area contributed by atoms with Crippen molar-refractivity contribution in [2.24, 2.45) is 5.41 Å². The highest BCUT2D eigenvalue weighted by atomic mass is 35.5. The molecule has 64 valence electrons. The molecule has 0 unspecified atom stereocenters. The summed E-state index contributed by atoms with van der Waals surface area (Å²) in [6.07, 6.45) is 2.26. The van der Waals surface area contributed by atoms with Crippen LogP contribution in [-0.2, 0) is 0 Å². The van der Waals surface area contributed by atoms with Crippen LogP contribution in [0.3, 0.4) is 0 Å². The van der Waals surface area contributed by atoms with Crippen LogP contribution in [0.15, 0.2) is 11.6 Å². The smallest absolute Gasteiger partial charge is 0.0499 e. The second-order valence-electron chi connectivity index (χ2n) is 3.28. The Bertz CT molecular complexity index is 154. The Balaban J connectivity index is 2.07. The molecular weight excluding hydrogens is 162 g/mol. The summed E-state index contributed by atoms with van der Waals surface area (Å²) in [5.41, 5.74) is 0.173. The first-order chi connectivity index (χ1) is 5.18. The van der Waals surface area contributed by atoms with Crippen LogP contribution in [0, 0.1) is 5.41 Å². The topological polar surface area (TPSA) is 32.3 Å². The fourth-order valence-corrected chi connectivity index (χ4v) is 1.13. The molecule has 1 aliphatic carbocycles. The SMILES string of the molecule is C=C(Cl)CNCC1(CO)CC1. The van der Waals surface area contributed by atoms with Gasteiger partial charge in [-0.25, -0.2) is 0 Å². The van der Waals surface area contributed by atoms with Gasteiger partial charge in [0.1, 0.15) is 0 Å². The second-order valence-corrected chi connectivity index (χ2v) is 3.81. The van der Waals surface area contributed by atoms with Gasteiger partial charge in [0.2, 0.25) is 0 Å². The maximum absolute atomic E-state index is 8.93. The number of aliphatic hydroxyl groups excluding tert-OH is 1. The van der Waals surface area contributed by atoms with E-state index in [1.807, 2.05) is 0 Å². The first kappa shape index (κ1) is 9.04. The highest BCUT2D eigenvalue weighted by Gasteiger charge is 2.41. The minimum atomic E-state index is 0.173. The molecule has 1 fully saturated rings. The normalized spacial score (nSPS) is 19.8. The molecule has 0 aromatic carbocycles. The zero-order valence-corrected chi connectivity index (χ0v) is 7.32. The molecule has 1 saturated carbocycles. The van der Waals surface area contributed by atoms with E-state index in [-0.39, 0.29) is 12.0 Å². The monoisotopic (exact) mass is 175 g/mol. The first-order valence-corrected chi connectivity index (χ1v) is 4.21. The summed E-state index contributed by atoms with van der Waals surface area (Å²) in [6.45, 7) is 5.35. The number of aliphatic hydroxyl groups is 1. The Morgan fingerprint density at radius 2 is 2.27 bits per heavy atom. The van der Waals surface area contributed by atoms with E-state index < -0.39 is 0 Å². The predicted molar refractivity (Wildman–Crippen MR) is 46.6 cm³/mol. The lowest BCUT2D eigenvalue weighted by atomic mass is 10.1. The number of hydrogen-bond donors (Lipinski definition) is 2. The van der Waals surface area contributed by atoms with Gasteiger partial charge in [0.15, 0.2) is 0 Å². The van der Waals surface area contributed by atoms with E-state index in [9.17, 15) is 0 Å². The van der Waals surface area contributed by atoms with E-state index >= 15 is 0 Å². The Labute approximate surface area is 72.2 Å². The van der Waals surface area contributed by atoms with Crippen LogP contribution in [0.1, 0.15) is 12.8 Å². The first-order valence-electron chi connectivity index (χ1n) is 3.83. The average Bonchev–Trinajstić information content (AvgIpc) is 2.69.